The van der Waals surface area contributed by atoms with Crippen LogP contribution in [0.3, 0.4) is 0 Å². The highest BCUT2D eigenvalue weighted by molar-refractivity contribution is 5.83. The van der Waals surface area contributed by atoms with E-state index in [-0.39, 0.29) is 23.9 Å². The molecule has 22 heavy (non-hydrogen) atoms. The molecule has 114 valence electrons. The molecule has 1 amide bonds. The zero-order valence-corrected chi connectivity index (χ0v) is 11.9. The number of nitrogens with zero attached hydrogens (tertiary/aromatic N) is 1. The van der Waals surface area contributed by atoms with Crippen molar-refractivity contribution in [1.29, 1.82) is 0 Å². The summed E-state index contributed by atoms with van der Waals surface area (Å²) in [7, 11) is 1.46. The quantitative estimate of drug-likeness (QED) is 0.657. The molecule has 0 aliphatic carbocycles. The van der Waals surface area contributed by atoms with Crippen LogP contribution in [0.1, 0.15) is 11.1 Å². The van der Waals surface area contributed by atoms with E-state index in [1.54, 1.807) is 24.3 Å². The minimum absolute atomic E-state index is 0.0101. The molecule has 0 heterocycles. The van der Waals surface area contributed by atoms with Gasteiger partial charge in [0.1, 0.15) is 5.82 Å². The number of benzene rings is 2. The molecule has 2 aromatic rings. The Morgan fingerprint density at radius 1 is 1.32 bits per heavy atom. The fraction of sp³-hybridized carbons (Fsp3) is 0.125. The van der Waals surface area contributed by atoms with E-state index in [2.05, 4.69) is 10.5 Å². The number of hydrogen-bond acceptors (Lipinski definition) is 4. The Morgan fingerprint density at radius 2 is 2.05 bits per heavy atom. The Morgan fingerprint density at radius 3 is 2.68 bits per heavy atom. The van der Waals surface area contributed by atoms with Crippen LogP contribution < -0.4 is 10.2 Å². The maximum Gasteiger partial charge on any atom is 0.244 e. The minimum Gasteiger partial charge on any atom is -0.504 e. The number of rotatable bonds is 5. The summed E-state index contributed by atoms with van der Waals surface area (Å²) < 4.78 is 17.7. The molecular formula is C16H15FN2O3. The van der Waals surface area contributed by atoms with Crippen LogP contribution in [0, 0.1) is 5.82 Å². The molecule has 2 N–H and O–H groups in total. The van der Waals surface area contributed by atoms with E-state index in [0.29, 0.717) is 16.9 Å². The molecule has 0 aliphatic heterocycles. The predicted octanol–water partition coefficient (Wildman–Crippen LogP) is 2.23. The van der Waals surface area contributed by atoms with E-state index >= 15 is 0 Å². The summed E-state index contributed by atoms with van der Waals surface area (Å²) in [5, 5.41) is 13.4. The summed E-state index contributed by atoms with van der Waals surface area (Å²) in [4.78, 5) is 11.7. The third kappa shape index (κ3) is 4.31. The van der Waals surface area contributed by atoms with Crippen LogP contribution in [-0.4, -0.2) is 24.3 Å². The third-order valence-electron chi connectivity index (χ3n) is 2.88. The predicted molar refractivity (Wildman–Crippen MR) is 80.5 cm³/mol. The zero-order chi connectivity index (χ0) is 15.9. The Labute approximate surface area is 127 Å². The van der Waals surface area contributed by atoms with Crippen molar-refractivity contribution in [2.75, 3.05) is 7.11 Å². The molecule has 0 aliphatic rings. The maximum absolute atomic E-state index is 12.7. The first-order valence-electron chi connectivity index (χ1n) is 6.52. The van der Waals surface area contributed by atoms with Gasteiger partial charge in [-0.1, -0.05) is 12.1 Å². The second-order valence-electron chi connectivity index (χ2n) is 4.53. The van der Waals surface area contributed by atoms with Crippen molar-refractivity contribution in [2.24, 2.45) is 5.10 Å². The van der Waals surface area contributed by atoms with Gasteiger partial charge >= 0.3 is 0 Å². The van der Waals surface area contributed by atoms with Gasteiger partial charge in [-0.3, -0.25) is 4.79 Å². The normalized spacial score (nSPS) is 10.6. The van der Waals surface area contributed by atoms with Crippen LogP contribution in [0.25, 0.3) is 0 Å². The standard InChI is InChI=1S/C16H15FN2O3/c1-22-15-7-4-12(8-14(15)20)10-18-19-16(21)9-11-2-5-13(17)6-3-11/h2-8,10,20H,9H2,1H3,(H,19,21)/b18-10-. The fourth-order valence-corrected chi connectivity index (χ4v) is 1.79. The van der Waals surface area contributed by atoms with Crippen molar-refractivity contribution in [1.82, 2.24) is 5.43 Å². The Balaban J connectivity index is 1.90. The van der Waals surface area contributed by atoms with Crippen LogP contribution in [0.4, 0.5) is 4.39 Å². The van der Waals surface area contributed by atoms with Gasteiger partial charge in [0.25, 0.3) is 0 Å². The fourth-order valence-electron chi connectivity index (χ4n) is 1.79. The summed E-state index contributed by atoms with van der Waals surface area (Å²) >= 11 is 0. The Hall–Kier alpha value is -2.89. The molecule has 0 unspecified atom stereocenters. The van der Waals surface area contributed by atoms with Gasteiger partial charge in [-0.2, -0.15) is 5.10 Å². The van der Waals surface area contributed by atoms with Gasteiger partial charge in [-0.25, -0.2) is 9.82 Å². The van der Waals surface area contributed by atoms with E-state index in [1.807, 2.05) is 0 Å². The molecule has 0 bridgehead atoms. The van der Waals surface area contributed by atoms with Crippen molar-refractivity contribution in [3.63, 3.8) is 0 Å². The molecule has 2 rings (SSSR count). The maximum atomic E-state index is 12.7. The van der Waals surface area contributed by atoms with Crippen LogP contribution in [0.5, 0.6) is 11.5 Å². The number of ether oxygens (including phenoxy) is 1. The lowest BCUT2D eigenvalue weighted by Crippen LogP contribution is -2.19. The SMILES string of the molecule is COc1ccc(/C=N\NC(=O)Cc2ccc(F)cc2)cc1O. The van der Waals surface area contributed by atoms with Crippen molar-refractivity contribution < 1.29 is 19.0 Å². The topological polar surface area (TPSA) is 70.9 Å². The van der Waals surface area contributed by atoms with Gasteiger partial charge in [0.2, 0.25) is 5.91 Å². The molecule has 2 aromatic carbocycles. The molecular weight excluding hydrogens is 287 g/mol. The van der Waals surface area contributed by atoms with E-state index in [4.69, 9.17) is 4.74 Å². The monoisotopic (exact) mass is 302 g/mol. The molecule has 0 saturated carbocycles. The van der Waals surface area contributed by atoms with Gasteiger partial charge in [0.15, 0.2) is 11.5 Å². The van der Waals surface area contributed by atoms with E-state index in [0.717, 1.165) is 0 Å². The molecule has 0 spiro atoms. The van der Waals surface area contributed by atoms with Gasteiger partial charge < -0.3 is 9.84 Å². The van der Waals surface area contributed by atoms with Gasteiger partial charge in [0, 0.05) is 0 Å². The van der Waals surface area contributed by atoms with E-state index < -0.39 is 0 Å². The minimum atomic E-state index is -0.346. The lowest BCUT2D eigenvalue weighted by molar-refractivity contribution is -0.120. The second-order valence-corrected chi connectivity index (χ2v) is 4.53. The molecule has 0 atom stereocenters. The first kappa shape index (κ1) is 15.5. The Bertz CT molecular complexity index is 684. The third-order valence-corrected chi connectivity index (χ3v) is 2.88. The highest BCUT2D eigenvalue weighted by Gasteiger charge is 2.03. The first-order valence-corrected chi connectivity index (χ1v) is 6.52. The summed E-state index contributed by atoms with van der Waals surface area (Å²) in [5.74, 6) is -0.316. The van der Waals surface area contributed by atoms with Crippen molar-refractivity contribution in [3.05, 3.63) is 59.4 Å². The van der Waals surface area contributed by atoms with Gasteiger partial charge in [-0.15, -0.1) is 0 Å². The van der Waals surface area contributed by atoms with Crippen LogP contribution in [0.15, 0.2) is 47.6 Å². The number of hydrazone groups is 1. The number of phenolic OH excluding ortho intramolecular Hbond substituents is 1. The number of aromatic hydroxyl groups is 1. The number of halogens is 1. The molecule has 0 aromatic heterocycles. The molecule has 0 radical (unpaired) electrons. The van der Waals surface area contributed by atoms with Crippen molar-refractivity contribution in [2.45, 2.75) is 6.42 Å². The number of hydrogen-bond donors (Lipinski definition) is 2. The summed E-state index contributed by atoms with van der Waals surface area (Å²) in [6, 6.07) is 10.4. The number of amides is 1. The van der Waals surface area contributed by atoms with Crippen LogP contribution >= 0.6 is 0 Å². The van der Waals surface area contributed by atoms with E-state index in [1.165, 1.54) is 31.5 Å². The van der Waals surface area contributed by atoms with E-state index in [9.17, 15) is 14.3 Å². The van der Waals surface area contributed by atoms with Crippen LogP contribution in [-0.2, 0) is 11.2 Å². The molecule has 5 nitrogen and oxygen atoms in total. The highest BCUT2D eigenvalue weighted by atomic mass is 19.1. The van der Waals surface area contributed by atoms with Gasteiger partial charge in [-0.05, 0) is 41.5 Å². The molecule has 0 fully saturated rings. The van der Waals surface area contributed by atoms with Crippen molar-refractivity contribution in [3.8, 4) is 11.5 Å². The second kappa shape index (κ2) is 7.21. The molecule has 0 saturated heterocycles. The summed E-state index contributed by atoms with van der Waals surface area (Å²) in [6.45, 7) is 0. The van der Waals surface area contributed by atoms with Crippen molar-refractivity contribution >= 4 is 12.1 Å². The number of methoxy groups -OCH3 is 1. The first-order chi connectivity index (χ1) is 10.6. The lowest BCUT2D eigenvalue weighted by atomic mass is 10.1. The zero-order valence-electron chi connectivity index (χ0n) is 11.9. The number of phenols is 1. The number of carbonyl (C=O) groups is 1. The summed E-state index contributed by atoms with van der Waals surface area (Å²) in [6.07, 6.45) is 1.51. The lowest BCUT2D eigenvalue weighted by Gasteiger charge is -2.03. The smallest absolute Gasteiger partial charge is 0.244 e. The number of carbonyl (C=O) groups excluding carboxylic acids is 1. The summed E-state index contributed by atoms with van der Waals surface area (Å²) in [5.41, 5.74) is 3.67. The molecule has 6 heteroatoms. The number of nitrogens with one attached hydrogen (secondary N) is 1. The largest absolute Gasteiger partial charge is 0.504 e. The Kier molecular flexibility index (Phi) is 5.08. The highest BCUT2D eigenvalue weighted by Crippen LogP contribution is 2.25. The average molecular weight is 302 g/mol. The average Bonchev–Trinajstić information content (AvgIpc) is 2.50. The van der Waals surface area contributed by atoms with Gasteiger partial charge in [0.05, 0.1) is 19.7 Å². The van der Waals surface area contributed by atoms with Crippen LogP contribution in [0.2, 0.25) is 0 Å².